The Labute approximate surface area is 77.4 Å². The maximum absolute atomic E-state index is 5.80. The molecule has 0 amide bonds. The highest BCUT2D eigenvalue weighted by Crippen LogP contribution is 2.17. The molecule has 0 saturated heterocycles. The number of hydrogen-bond acceptors (Lipinski definition) is 3. The van der Waals surface area contributed by atoms with E-state index in [1.54, 1.807) is 0 Å². The molecule has 0 atom stereocenters. The summed E-state index contributed by atoms with van der Waals surface area (Å²) < 4.78 is 0. The highest BCUT2D eigenvalue weighted by molar-refractivity contribution is 6.30. The minimum atomic E-state index is 0.484. The van der Waals surface area contributed by atoms with Gasteiger partial charge in [0.25, 0.3) is 0 Å². The molecule has 0 N–H and O–H groups in total. The van der Waals surface area contributed by atoms with Gasteiger partial charge in [0.1, 0.15) is 5.82 Å². The number of hydrogen-bond donors (Lipinski definition) is 0. The molecule has 4 heteroatoms. The molecule has 0 fully saturated rings. The van der Waals surface area contributed by atoms with Gasteiger partial charge in [-0.05, 0) is 13.8 Å². The third-order valence-corrected chi connectivity index (χ3v) is 1.94. The molecule has 3 nitrogen and oxygen atoms in total. The molecule has 1 aromatic rings. The van der Waals surface area contributed by atoms with Crippen molar-refractivity contribution >= 4 is 17.4 Å². The van der Waals surface area contributed by atoms with E-state index in [9.17, 15) is 0 Å². The highest BCUT2D eigenvalue weighted by atomic mass is 35.5. The van der Waals surface area contributed by atoms with Gasteiger partial charge in [0, 0.05) is 14.1 Å². The topological polar surface area (TPSA) is 29.0 Å². The zero-order chi connectivity index (χ0) is 9.30. The van der Waals surface area contributed by atoms with Crippen molar-refractivity contribution in [2.24, 2.45) is 0 Å². The average Bonchev–Trinajstić information content (AvgIpc) is 1.96. The van der Waals surface area contributed by atoms with E-state index in [0.717, 1.165) is 17.2 Å². The predicted octanol–water partition coefficient (Wildman–Crippen LogP) is 1.81. The Kier molecular flexibility index (Phi) is 2.52. The Morgan fingerprint density at radius 3 is 2.17 bits per heavy atom. The predicted molar refractivity (Wildman–Crippen MR) is 50.8 cm³/mol. The summed E-state index contributed by atoms with van der Waals surface area (Å²) in [7, 11) is 3.87. The van der Waals surface area contributed by atoms with Gasteiger partial charge in [-0.1, -0.05) is 11.6 Å². The third kappa shape index (κ3) is 1.67. The van der Waals surface area contributed by atoms with Crippen LogP contribution in [0.1, 0.15) is 11.4 Å². The second-order valence-electron chi connectivity index (χ2n) is 2.90. The molecule has 0 spiro atoms. The van der Waals surface area contributed by atoms with E-state index in [-0.39, 0.29) is 0 Å². The Hall–Kier alpha value is -0.830. The average molecular weight is 186 g/mol. The van der Waals surface area contributed by atoms with E-state index < -0.39 is 0 Å². The lowest BCUT2D eigenvalue weighted by molar-refractivity contribution is 0.979. The number of nitrogens with zero attached hydrogens (tertiary/aromatic N) is 3. The Bertz CT molecular complexity index is 297. The van der Waals surface area contributed by atoms with Crippen molar-refractivity contribution in [3.05, 3.63) is 16.5 Å². The summed E-state index contributed by atoms with van der Waals surface area (Å²) in [5, 5.41) is 0.484. The molecule has 1 aromatic heterocycles. The van der Waals surface area contributed by atoms with Crippen molar-refractivity contribution in [1.29, 1.82) is 0 Å². The van der Waals surface area contributed by atoms with Crippen LogP contribution < -0.4 is 4.90 Å². The van der Waals surface area contributed by atoms with E-state index in [4.69, 9.17) is 11.6 Å². The lowest BCUT2D eigenvalue weighted by Crippen LogP contribution is -2.14. The van der Waals surface area contributed by atoms with E-state index in [1.807, 2.05) is 32.8 Å². The van der Waals surface area contributed by atoms with Gasteiger partial charge in [0.15, 0.2) is 5.15 Å². The molecular weight excluding hydrogens is 174 g/mol. The van der Waals surface area contributed by atoms with Crippen LogP contribution >= 0.6 is 11.6 Å². The summed E-state index contributed by atoms with van der Waals surface area (Å²) in [5.41, 5.74) is 1.63. The molecule has 0 radical (unpaired) electrons. The van der Waals surface area contributed by atoms with E-state index >= 15 is 0 Å². The van der Waals surface area contributed by atoms with Crippen molar-refractivity contribution in [2.75, 3.05) is 19.0 Å². The second-order valence-corrected chi connectivity index (χ2v) is 3.26. The van der Waals surface area contributed by atoms with Crippen LogP contribution in [-0.4, -0.2) is 24.1 Å². The fourth-order valence-corrected chi connectivity index (χ4v) is 1.16. The summed E-state index contributed by atoms with van der Waals surface area (Å²) in [6, 6.07) is 0. The van der Waals surface area contributed by atoms with Crippen LogP contribution in [0.2, 0.25) is 5.15 Å². The number of rotatable bonds is 1. The molecule has 0 aliphatic rings. The molecular formula is C8H12ClN3. The van der Waals surface area contributed by atoms with Gasteiger partial charge in [-0.2, -0.15) is 0 Å². The summed E-state index contributed by atoms with van der Waals surface area (Å²) in [4.78, 5) is 10.4. The van der Waals surface area contributed by atoms with Crippen molar-refractivity contribution in [3.63, 3.8) is 0 Å². The Morgan fingerprint density at radius 2 is 1.67 bits per heavy atom. The first-order valence-corrected chi connectivity index (χ1v) is 4.08. The van der Waals surface area contributed by atoms with Crippen LogP contribution in [0.25, 0.3) is 0 Å². The van der Waals surface area contributed by atoms with Crippen LogP contribution in [0.3, 0.4) is 0 Å². The number of halogens is 1. The van der Waals surface area contributed by atoms with Gasteiger partial charge in [-0.15, -0.1) is 0 Å². The quantitative estimate of drug-likeness (QED) is 0.669. The van der Waals surface area contributed by atoms with Crippen molar-refractivity contribution in [3.8, 4) is 0 Å². The zero-order valence-corrected chi connectivity index (χ0v) is 8.48. The Morgan fingerprint density at radius 1 is 1.08 bits per heavy atom. The number of anilines is 1. The van der Waals surface area contributed by atoms with Gasteiger partial charge in [-0.3, -0.25) is 0 Å². The van der Waals surface area contributed by atoms with E-state index in [0.29, 0.717) is 5.15 Å². The van der Waals surface area contributed by atoms with Crippen molar-refractivity contribution < 1.29 is 0 Å². The first-order chi connectivity index (χ1) is 5.52. The molecule has 0 aromatic carbocycles. The third-order valence-electron chi connectivity index (χ3n) is 1.59. The van der Waals surface area contributed by atoms with Crippen molar-refractivity contribution in [1.82, 2.24) is 9.97 Å². The minimum Gasteiger partial charge on any atom is -0.361 e. The number of aromatic nitrogens is 2. The fraction of sp³-hybridized carbons (Fsp3) is 0.500. The van der Waals surface area contributed by atoms with Gasteiger partial charge in [-0.25, -0.2) is 9.97 Å². The largest absolute Gasteiger partial charge is 0.361 e. The molecule has 0 saturated carbocycles. The lowest BCUT2D eigenvalue weighted by atomic mass is 10.4. The fourth-order valence-electron chi connectivity index (χ4n) is 0.988. The second kappa shape index (κ2) is 3.27. The molecule has 12 heavy (non-hydrogen) atoms. The molecule has 0 bridgehead atoms. The first-order valence-electron chi connectivity index (χ1n) is 3.70. The van der Waals surface area contributed by atoms with Crippen LogP contribution in [0.5, 0.6) is 0 Å². The SMILES string of the molecule is Cc1nc(N(C)C)c(C)nc1Cl. The maximum atomic E-state index is 5.80. The Balaban J connectivity index is 3.23. The van der Waals surface area contributed by atoms with E-state index in [1.165, 1.54) is 0 Å². The van der Waals surface area contributed by atoms with Crippen LogP contribution in [0, 0.1) is 13.8 Å². The number of aryl methyl sites for hydroxylation is 2. The maximum Gasteiger partial charge on any atom is 0.150 e. The minimum absolute atomic E-state index is 0.484. The molecule has 0 aliphatic carbocycles. The van der Waals surface area contributed by atoms with Gasteiger partial charge >= 0.3 is 0 Å². The summed E-state index contributed by atoms with van der Waals surface area (Å²) in [5.74, 6) is 0.872. The smallest absolute Gasteiger partial charge is 0.150 e. The summed E-state index contributed by atoms with van der Waals surface area (Å²) in [6.07, 6.45) is 0. The van der Waals surface area contributed by atoms with Gasteiger partial charge in [0.05, 0.1) is 11.4 Å². The highest BCUT2D eigenvalue weighted by Gasteiger charge is 2.06. The van der Waals surface area contributed by atoms with Gasteiger partial charge < -0.3 is 4.90 Å². The molecule has 0 aliphatic heterocycles. The van der Waals surface area contributed by atoms with Crippen LogP contribution in [0.15, 0.2) is 0 Å². The molecule has 1 rings (SSSR count). The van der Waals surface area contributed by atoms with Crippen molar-refractivity contribution in [2.45, 2.75) is 13.8 Å². The standard InChI is InChI=1S/C8H12ClN3/c1-5-7(9)10-6(2)8(11-5)12(3)4/h1-4H3. The van der Waals surface area contributed by atoms with Gasteiger partial charge in [0.2, 0.25) is 0 Å². The van der Waals surface area contributed by atoms with Crippen LogP contribution in [0.4, 0.5) is 5.82 Å². The normalized spacial score (nSPS) is 10.1. The summed E-state index contributed by atoms with van der Waals surface area (Å²) >= 11 is 5.80. The van der Waals surface area contributed by atoms with Crippen LogP contribution in [-0.2, 0) is 0 Å². The summed E-state index contributed by atoms with van der Waals surface area (Å²) in [6.45, 7) is 3.75. The first kappa shape index (κ1) is 9.26. The zero-order valence-electron chi connectivity index (χ0n) is 7.72. The molecule has 0 unspecified atom stereocenters. The monoisotopic (exact) mass is 185 g/mol. The molecule has 66 valence electrons. The lowest BCUT2D eigenvalue weighted by Gasteiger charge is -2.14. The van der Waals surface area contributed by atoms with E-state index in [2.05, 4.69) is 9.97 Å². The molecule has 1 heterocycles.